The number of hydrogen-bond donors (Lipinski definition) is 2. The lowest BCUT2D eigenvalue weighted by Crippen LogP contribution is -2.38. The number of ether oxygens (including phenoxy) is 2. The molecule has 1 aromatic heterocycles. The van der Waals surface area contributed by atoms with Gasteiger partial charge in [0.2, 0.25) is 5.91 Å². The summed E-state index contributed by atoms with van der Waals surface area (Å²) in [4.78, 5) is 24.7. The number of rotatable bonds is 10. The van der Waals surface area contributed by atoms with Gasteiger partial charge in [0.15, 0.2) is 23.0 Å². The third-order valence-electron chi connectivity index (χ3n) is 4.66. The van der Waals surface area contributed by atoms with Crippen LogP contribution in [-0.4, -0.2) is 36.7 Å². The first-order valence-corrected chi connectivity index (χ1v) is 10.5. The van der Waals surface area contributed by atoms with Gasteiger partial charge in [0.25, 0.3) is 5.91 Å². The van der Waals surface area contributed by atoms with Crippen molar-refractivity contribution in [3.63, 3.8) is 0 Å². The zero-order valence-electron chi connectivity index (χ0n) is 18.4. The van der Waals surface area contributed by atoms with Crippen LogP contribution in [0.4, 0.5) is 0 Å². The van der Waals surface area contributed by atoms with Crippen LogP contribution in [0, 0.1) is 0 Å². The molecule has 8 heteroatoms. The topological polar surface area (TPSA) is 103 Å². The van der Waals surface area contributed by atoms with Crippen LogP contribution in [0.2, 0.25) is 0 Å². The summed E-state index contributed by atoms with van der Waals surface area (Å²) >= 11 is 0. The lowest BCUT2D eigenvalue weighted by atomic mass is 10.1. The largest absolute Gasteiger partial charge is 0.490 e. The van der Waals surface area contributed by atoms with Gasteiger partial charge < -0.3 is 24.6 Å². The van der Waals surface area contributed by atoms with Gasteiger partial charge in [-0.05, 0) is 38.5 Å². The Morgan fingerprint density at radius 1 is 1.00 bits per heavy atom. The van der Waals surface area contributed by atoms with Crippen molar-refractivity contribution in [3.8, 4) is 22.8 Å². The van der Waals surface area contributed by atoms with E-state index in [0.29, 0.717) is 30.5 Å². The first kappa shape index (κ1) is 22.9. The molecule has 3 rings (SSSR count). The number of benzene rings is 2. The van der Waals surface area contributed by atoms with Crippen LogP contribution in [0.1, 0.15) is 42.9 Å². The smallest absolute Gasteiger partial charge is 0.273 e. The van der Waals surface area contributed by atoms with Crippen LogP contribution in [-0.2, 0) is 4.79 Å². The Balaban J connectivity index is 1.55. The zero-order valence-corrected chi connectivity index (χ0v) is 18.4. The number of carbonyl (C=O) groups is 2. The summed E-state index contributed by atoms with van der Waals surface area (Å²) < 4.78 is 16.4. The van der Waals surface area contributed by atoms with E-state index in [1.807, 2.05) is 69.3 Å². The van der Waals surface area contributed by atoms with Crippen molar-refractivity contribution in [2.75, 3.05) is 19.8 Å². The van der Waals surface area contributed by atoms with Crippen LogP contribution in [0.25, 0.3) is 11.3 Å². The number of nitrogens with one attached hydrogen (secondary N) is 2. The Hall–Kier alpha value is -3.81. The predicted molar refractivity (Wildman–Crippen MR) is 120 cm³/mol. The summed E-state index contributed by atoms with van der Waals surface area (Å²) in [6, 6.07) is 16.1. The Morgan fingerprint density at radius 3 is 2.44 bits per heavy atom. The van der Waals surface area contributed by atoms with E-state index in [-0.39, 0.29) is 24.2 Å². The van der Waals surface area contributed by atoms with Crippen LogP contribution in [0.3, 0.4) is 0 Å². The summed E-state index contributed by atoms with van der Waals surface area (Å²) in [7, 11) is 0. The van der Waals surface area contributed by atoms with Crippen LogP contribution >= 0.6 is 0 Å². The molecule has 1 heterocycles. The first-order chi connectivity index (χ1) is 15.5. The molecule has 8 nitrogen and oxygen atoms in total. The molecule has 0 aliphatic carbocycles. The van der Waals surface area contributed by atoms with E-state index in [0.717, 1.165) is 11.1 Å². The van der Waals surface area contributed by atoms with E-state index in [1.54, 1.807) is 6.07 Å². The van der Waals surface area contributed by atoms with Gasteiger partial charge >= 0.3 is 0 Å². The maximum Gasteiger partial charge on any atom is 0.273 e. The molecule has 0 bridgehead atoms. The molecule has 0 fully saturated rings. The minimum absolute atomic E-state index is 0.109. The van der Waals surface area contributed by atoms with Crippen LogP contribution < -0.4 is 20.1 Å². The molecule has 0 saturated carbocycles. The van der Waals surface area contributed by atoms with Gasteiger partial charge in [0.05, 0.1) is 25.8 Å². The highest BCUT2D eigenvalue weighted by Crippen LogP contribution is 2.30. The molecule has 0 aliphatic rings. The molecule has 0 spiro atoms. The average molecular weight is 437 g/mol. The second-order valence-electron chi connectivity index (χ2n) is 6.99. The molecular weight excluding hydrogens is 410 g/mol. The maximum atomic E-state index is 12.3. The van der Waals surface area contributed by atoms with Gasteiger partial charge in [0, 0.05) is 11.6 Å². The monoisotopic (exact) mass is 437 g/mol. The van der Waals surface area contributed by atoms with Gasteiger partial charge in [-0.2, -0.15) is 0 Å². The van der Waals surface area contributed by atoms with Crippen molar-refractivity contribution in [3.05, 3.63) is 65.9 Å². The van der Waals surface area contributed by atoms with Crippen molar-refractivity contribution >= 4 is 11.8 Å². The lowest BCUT2D eigenvalue weighted by Gasteiger charge is -2.17. The van der Waals surface area contributed by atoms with E-state index in [1.165, 1.54) is 0 Å². The first-order valence-electron chi connectivity index (χ1n) is 10.5. The molecule has 0 saturated heterocycles. The minimum atomic E-state index is -0.488. The van der Waals surface area contributed by atoms with Gasteiger partial charge in [-0.1, -0.05) is 41.6 Å². The lowest BCUT2D eigenvalue weighted by molar-refractivity contribution is -0.120. The predicted octanol–water partition coefficient (Wildman–Crippen LogP) is 3.75. The average Bonchev–Trinajstić information content (AvgIpc) is 3.30. The van der Waals surface area contributed by atoms with Crippen molar-refractivity contribution in [2.45, 2.75) is 26.8 Å². The van der Waals surface area contributed by atoms with E-state index >= 15 is 0 Å². The second kappa shape index (κ2) is 11.0. The summed E-state index contributed by atoms with van der Waals surface area (Å²) in [5.74, 6) is 0.949. The number of aromatic nitrogens is 1. The molecule has 2 amide bonds. The SMILES string of the molecule is CCOc1ccc(C(C)NC(=O)CNC(=O)c2cc(-c3ccccc3)on2)cc1OCC. The number of hydrogen-bond acceptors (Lipinski definition) is 6. The van der Waals surface area contributed by atoms with E-state index in [4.69, 9.17) is 14.0 Å². The second-order valence-corrected chi connectivity index (χ2v) is 6.99. The molecule has 3 aromatic rings. The molecule has 32 heavy (non-hydrogen) atoms. The fourth-order valence-corrected chi connectivity index (χ4v) is 3.08. The minimum Gasteiger partial charge on any atom is -0.490 e. The normalized spacial score (nSPS) is 11.5. The van der Waals surface area contributed by atoms with Crippen LogP contribution in [0.5, 0.6) is 11.5 Å². The van der Waals surface area contributed by atoms with E-state index in [2.05, 4.69) is 15.8 Å². The Kier molecular flexibility index (Phi) is 7.85. The van der Waals surface area contributed by atoms with E-state index in [9.17, 15) is 9.59 Å². The fraction of sp³-hybridized carbons (Fsp3) is 0.292. The fourth-order valence-electron chi connectivity index (χ4n) is 3.08. The van der Waals surface area contributed by atoms with Crippen LogP contribution in [0.15, 0.2) is 59.1 Å². The summed E-state index contributed by atoms with van der Waals surface area (Å²) in [6.07, 6.45) is 0. The molecule has 0 radical (unpaired) electrons. The van der Waals surface area contributed by atoms with Crippen molar-refractivity contribution in [2.24, 2.45) is 0 Å². The Bertz CT molecular complexity index is 1050. The van der Waals surface area contributed by atoms with Gasteiger partial charge in [-0.15, -0.1) is 0 Å². The van der Waals surface area contributed by atoms with Gasteiger partial charge in [-0.25, -0.2) is 0 Å². The number of carbonyl (C=O) groups excluding carboxylic acids is 2. The van der Waals surface area contributed by atoms with Gasteiger partial charge in [-0.3, -0.25) is 9.59 Å². The quantitative estimate of drug-likeness (QED) is 0.501. The third-order valence-corrected chi connectivity index (χ3v) is 4.66. The summed E-state index contributed by atoms with van der Waals surface area (Å²) in [5, 5.41) is 9.21. The highest BCUT2D eigenvalue weighted by Gasteiger charge is 2.17. The van der Waals surface area contributed by atoms with Crippen molar-refractivity contribution in [1.82, 2.24) is 15.8 Å². The molecule has 2 N–H and O–H groups in total. The molecule has 1 atom stereocenters. The summed E-state index contributed by atoms with van der Waals surface area (Å²) in [6.45, 7) is 6.51. The maximum absolute atomic E-state index is 12.3. The standard InChI is InChI=1S/C24H27N3O5/c1-4-30-20-12-11-18(13-22(20)31-5-2)16(3)26-23(28)15-25-24(29)19-14-21(32-27-19)17-9-7-6-8-10-17/h6-14,16H,4-5,15H2,1-3H3,(H,25,29)(H,26,28). The number of nitrogens with zero attached hydrogens (tertiary/aromatic N) is 1. The zero-order chi connectivity index (χ0) is 22.9. The molecule has 2 aromatic carbocycles. The highest BCUT2D eigenvalue weighted by atomic mass is 16.5. The molecule has 168 valence electrons. The van der Waals surface area contributed by atoms with Crippen molar-refractivity contribution in [1.29, 1.82) is 0 Å². The number of amides is 2. The molecule has 0 aliphatic heterocycles. The molecule has 1 unspecified atom stereocenters. The van der Waals surface area contributed by atoms with Crippen molar-refractivity contribution < 1.29 is 23.6 Å². The highest BCUT2D eigenvalue weighted by molar-refractivity contribution is 5.95. The molecular formula is C24H27N3O5. The van der Waals surface area contributed by atoms with E-state index < -0.39 is 5.91 Å². The Labute approximate surface area is 186 Å². The third kappa shape index (κ3) is 5.87. The summed E-state index contributed by atoms with van der Waals surface area (Å²) in [5.41, 5.74) is 1.78. The van der Waals surface area contributed by atoms with Gasteiger partial charge in [0.1, 0.15) is 0 Å². The Morgan fingerprint density at radius 2 is 1.72 bits per heavy atom.